The zero-order chi connectivity index (χ0) is 21.0. The van der Waals surface area contributed by atoms with E-state index in [1.54, 1.807) is 12.3 Å². The van der Waals surface area contributed by atoms with Crippen molar-refractivity contribution < 1.29 is 14.3 Å². The van der Waals surface area contributed by atoms with Gasteiger partial charge in [0.1, 0.15) is 17.5 Å². The highest BCUT2D eigenvalue weighted by Crippen LogP contribution is 2.40. The maximum atomic E-state index is 12.8. The molecule has 150 valence electrons. The number of para-hydroxylation sites is 2. The monoisotopic (exact) mass is 428 g/mol. The van der Waals surface area contributed by atoms with Crippen molar-refractivity contribution in [3.05, 3.63) is 46.7 Å². The highest BCUT2D eigenvalue weighted by molar-refractivity contribution is 8.01. The van der Waals surface area contributed by atoms with Crippen LogP contribution in [0.25, 0.3) is 0 Å². The number of ketones is 1. The summed E-state index contributed by atoms with van der Waals surface area (Å²) in [5.74, 6) is 0.0768. The zero-order valence-corrected chi connectivity index (χ0v) is 18.0. The van der Waals surface area contributed by atoms with Crippen LogP contribution in [0.4, 0.5) is 11.4 Å². The number of hydrogen-bond donors (Lipinski definition) is 0. The molecule has 0 radical (unpaired) electrons. The molecule has 9 heteroatoms. The number of allylic oxidation sites excluding steroid dienone is 1. The standard InChI is InChI=1S/C20H20N4O3S2/c1-4-27-18(26)9-13-11-28-20(22-13)29-12-17(25)14(10-21)19-23(2)15-7-5-6-8-16(15)24(19)3/h5-8,11H,4,9,12H2,1-3H3. The second-order valence-corrected chi connectivity index (χ2v) is 8.30. The number of esters is 1. The second kappa shape index (κ2) is 9.11. The Morgan fingerprint density at radius 1 is 1.24 bits per heavy atom. The molecule has 0 fully saturated rings. The topological polar surface area (TPSA) is 86.5 Å². The van der Waals surface area contributed by atoms with Crippen LogP contribution in [-0.4, -0.2) is 43.2 Å². The number of hydrogen-bond acceptors (Lipinski definition) is 9. The first-order chi connectivity index (χ1) is 14.0. The summed E-state index contributed by atoms with van der Waals surface area (Å²) >= 11 is 2.63. The number of ether oxygens (including phenoxy) is 1. The molecule has 3 rings (SSSR count). The van der Waals surface area contributed by atoms with Gasteiger partial charge < -0.3 is 14.5 Å². The Balaban J connectivity index is 1.71. The van der Waals surface area contributed by atoms with E-state index in [-0.39, 0.29) is 29.5 Å². The van der Waals surface area contributed by atoms with Crippen molar-refractivity contribution >= 4 is 46.2 Å². The maximum absolute atomic E-state index is 12.8. The van der Waals surface area contributed by atoms with E-state index in [2.05, 4.69) is 11.1 Å². The number of aromatic nitrogens is 1. The third-order valence-corrected chi connectivity index (χ3v) is 6.41. The van der Waals surface area contributed by atoms with Gasteiger partial charge in [0.2, 0.25) is 0 Å². The fraction of sp³-hybridized carbons (Fsp3) is 0.300. The van der Waals surface area contributed by atoms with E-state index in [1.165, 1.54) is 23.1 Å². The number of thioether (sulfide) groups is 1. The number of carbonyl (C=O) groups is 2. The van der Waals surface area contributed by atoms with E-state index in [1.807, 2.05) is 48.2 Å². The molecular weight excluding hydrogens is 408 g/mol. The summed E-state index contributed by atoms with van der Waals surface area (Å²) in [7, 11) is 3.69. The summed E-state index contributed by atoms with van der Waals surface area (Å²) in [6.07, 6.45) is 0.111. The first kappa shape index (κ1) is 20.9. The summed E-state index contributed by atoms with van der Waals surface area (Å²) < 4.78 is 5.59. The molecule has 0 N–H and O–H groups in total. The Morgan fingerprint density at radius 2 is 1.90 bits per heavy atom. The molecule has 0 aliphatic carbocycles. The Kier molecular flexibility index (Phi) is 6.56. The summed E-state index contributed by atoms with van der Waals surface area (Å²) in [6, 6.07) is 9.83. The molecule has 1 aromatic heterocycles. The fourth-order valence-corrected chi connectivity index (χ4v) is 4.77. The summed E-state index contributed by atoms with van der Waals surface area (Å²) in [4.78, 5) is 32.4. The lowest BCUT2D eigenvalue weighted by Crippen LogP contribution is -2.26. The Bertz CT molecular complexity index is 978. The van der Waals surface area contributed by atoms with Crippen molar-refractivity contribution in [2.45, 2.75) is 17.7 Å². The maximum Gasteiger partial charge on any atom is 0.311 e. The molecule has 7 nitrogen and oxygen atoms in total. The van der Waals surface area contributed by atoms with Crippen LogP contribution in [0.5, 0.6) is 0 Å². The molecule has 29 heavy (non-hydrogen) atoms. The molecular formula is C20H20N4O3S2. The van der Waals surface area contributed by atoms with Crippen LogP contribution < -0.4 is 9.80 Å². The number of Topliss-reactive ketones (excluding diaryl/α,β-unsaturated/α-hetero) is 1. The Labute approximate surface area is 177 Å². The van der Waals surface area contributed by atoms with Crippen LogP contribution >= 0.6 is 23.1 Å². The lowest BCUT2D eigenvalue weighted by atomic mass is 10.2. The first-order valence-electron chi connectivity index (χ1n) is 8.93. The average Bonchev–Trinajstić information content (AvgIpc) is 3.25. The zero-order valence-electron chi connectivity index (χ0n) is 16.3. The van der Waals surface area contributed by atoms with E-state index < -0.39 is 0 Å². The van der Waals surface area contributed by atoms with Gasteiger partial charge in [-0.3, -0.25) is 9.59 Å². The van der Waals surface area contributed by atoms with E-state index in [9.17, 15) is 14.9 Å². The quantitative estimate of drug-likeness (QED) is 0.288. The third kappa shape index (κ3) is 4.44. The second-order valence-electron chi connectivity index (χ2n) is 6.22. The number of nitrogens with zero attached hydrogens (tertiary/aromatic N) is 4. The van der Waals surface area contributed by atoms with Gasteiger partial charge in [-0.2, -0.15) is 5.26 Å². The SMILES string of the molecule is CCOC(=O)Cc1csc(SCC(=O)C(C#N)=C2N(C)c3ccccc3N2C)n1. The van der Waals surface area contributed by atoms with E-state index in [4.69, 9.17) is 4.74 Å². The van der Waals surface area contributed by atoms with Crippen molar-refractivity contribution in [1.82, 2.24) is 4.98 Å². The molecule has 1 aliphatic heterocycles. The molecule has 1 aromatic carbocycles. The third-order valence-electron chi connectivity index (χ3n) is 4.34. The van der Waals surface area contributed by atoms with E-state index in [0.29, 0.717) is 22.5 Å². The van der Waals surface area contributed by atoms with Gasteiger partial charge in [-0.25, -0.2) is 4.98 Å². The number of rotatable bonds is 7. The molecule has 0 amide bonds. The van der Waals surface area contributed by atoms with Crippen molar-refractivity contribution in [2.24, 2.45) is 0 Å². The largest absolute Gasteiger partial charge is 0.466 e. The van der Waals surface area contributed by atoms with Crippen LogP contribution in [0.15, 0.2) is 45.4 Å². The Hall–Kier alpha value is -2.83. The molecule has 0 spiro atoms. The van der Waals surface area contributed by atoms with Gasteiger partial charge in [0.15, 0.2) is 10.1 Å². The number of fused-ring (bicyclic) bond motifs is 1. The Morgan fingerprint density at radius 3 is 2.48 bits per heavy atom. The van der Waals surface area contributed by atoms with Crippen LogP contribution in [0.1, 0.15) is 12.6 Å². The fourth-order valence-electron chi connectivity index (χ4n) is 3.05. The smallest absolute Gasteiger partial charge is 0.311 e. The van der Waals surface area contributed by atoms with Gasteiger partial charge >= 0.3 is 5.97 Å². The van der Waals surface area contributed by atoms with Crippen LogP contribution in [0.3, 0.4) is 0 Å². The highest BCUT2D eigenvalue weighted by Gasteiger charge is 2.31. The number of benzene rings is 1. The van der Waals surface area contributed by atoms with Crippen LogP contribution in [0, 0.1) is 11.3 Å². The van der Waals surface area contributed by atoms with Gasteiger partial charge in [0.05, 0.1) is 35.8 Å². The lowest BCUT2D eigenvalue weighted by Gasteiger charge is -2.19. The molecule has 0 saturated carbocycles. The summed E-state index contributed by atoms with van der Waals surface area (Å²) in [5.41, 5.74) is 2.62. The van der Waals surface area contributed by atoms with Gasteiger partial charge in [-0.1, -0.05) is 23.9 Å². The molecule has 0 atom stereocenters. The van der Waals surface area contributed by atoms with E-state index in [0.717, 1.165) is 11.4 Å². The van der Waals surface area contributed by atoms with Gasteiger partial charge in [0.25, 0.3) is 0 Å². The minimum Gasteiger partial charge on any atom is -0.466 e. The van der Waals surface area contributed by atoms with Crippen LogP contribution in [-0.2, 0) is 20.7 Å². The van der Waals surface area contributed by atoms with Crippen molar-refractivity contribution in [3.8, 4) is 6.07 Å². The molecule has 0 saturated heterocycles. The predicted octanol–water partition coefficient (Wildman–Crippen LogP) is 3.23. The molecule has 0 bridgehead atoms. The normalized spacial score (nSPS) is 12.6. The minimum atomic E-state index is -0.325. The van der Waals surface area contributed by atoms with E-state index >= 15 is 0 Å². The first-order valence-corrected chi connectivity index (χ1v) is 10.8. The number of anilines is 2. The molecule has 1 aliphatic rings. The minimum absolute atomic E-state index is 0.0940. The summed E-state index contributed by atoms with van der Waals surface area (Å²) in [5, 5.41) is 11.4. The average molecular weight is 429 g/mol. The number of nitriles is 1. The van der Waals surface area contributed by atoms with Gasteiger partial charge in [-0.05, 0) is 19.1 Å². The molecule has 2 aromatic rings. The van der Waals surface area contributed by atoms with Gasteiger partial charge in [0, 0.05) is 19.5 Å². The highest BCUT2D eigenvalue weighted by atomic mass is 32.2. The van der Waals surface area contributed by atoms with Crippen molar-refractivity contribution in [2.75, 3.05) is 36.3 Å². The molecule has 2 heterocycles. The number of carbonyl (C=O) groups excluding carboxylic acids is 2. The number of thiazole rings is 1. The van der Waals surface area contributed by atoms with Crippen LogP contribution in [0.2, 0.25) is 0 Å². The lowest BCUT2D eigenvalue weighted by molar-refractivity contribution is -0.142. The molecule has 0 unspecified atom stereocenters. The van der Waals surface area contributed by atoms with Gasteiger partial charge in [-0.15, -0.1) is 11.3 Å². The summed E-state index contributed by atoms with van der Waals surface area (Å²) in [6.45, 7) is 2.09. The van der Waals surface area contributed by atoms with Crippen molar-refractivity contribution in [3.63, 3.8) is 0 Å². The predicted molar refractivity (Wildman–Crippen MR) is 114 cm³/mol. The van der Waals surface area contributed by atoms with Crippen molar-refractivity contribution in [1.29, 1.82) is 5.26 Å².